The fourth-order valence-electron chi connectivity index (χ4n) is 6.50. The Labute approximate surface area is 276 Å². The molecule has 2 fully saturated rings. The predicted octanol–water partition coefficient (Wildman–Crippen LogP) is 5.18. The van der Waals surface area contributed by atoms with Crippen LogP contribution in [0, 0.1) is 11.7 Å². The summed E-state index contributed by atoms with van der Waals surface area (Å²) in [6.07, 6.45) is -18.4. The molecule has 1 amide bonds. The fourth-order valence-corrected chi connectivity index (χ4v) is 10.3. The van der Waals surface area contributed by atoms with Gasteiger partial charge in [0.25, 0.3) is 0 Å². The van der Waals surface area contributed by atoms with Gasteiger partial charge >= 0.3 is 30.2 Å². The first-order chi connectivity index (χ1) is 22.7. The Bertz CT molecular complexity index is 1840. The van der Waals surface area contributed by atoms with E-state index in [4.69, 9.17) is 9.90 Å². The summed E-state index contributed by atoms with van der Waals surface area (Å²) in [5.74, 6) is -5.31. The van der Waals surface area contributed by atoms with E-state index in [0.29, 0.717) is 6.20 Å². The minimum absolute atomic E-state index is 0.00291. The van der Waals surface area contributed by atoms with Crippen molar-refractivity contribution < 1.29 is 79.8 Å². The topological polar surface area (TPSA) is 139 Å². The van der Waals surface area contributed by atoms with Gasteiger partial charge in [-0.05, 0) is 73.6 Å². The van der Waals surface area contributed by atoms with Crippen molar-refractivity contribution >= 4 is 31.6 Å². The van der Waals surface area contributed by atoms with Crippen LogP contribution in [-0.4, -0.2) is 86.3 Å². The smallest absolute Gasteiger partial charge is 0.475 e. The number of hydrogen-bond donors (Lipinski definition) is 1. The molecule has 1 N–H and O–H groups in total. The van der Waals surface area contributed by atoms with Gasteiger partial charge in [0.05, 0.1) is 28.1 Å². The molecule has 2 aliphatic heterocycles. The number of halogens is 11. The third-order valence-corrected chi connectivity index (χ3v) is 13.2. The zero-order valence-electron chi connectivity index (χ0n) is 25.0. The summed E-state index contributed by atoms with van der Waals surface area (Å²) < 4.78 is 191. The molecule has 2 saturated heterocycles. The number of benzene rings is 1. The van der Waals surface area contributed by atoms with Gasteiger partial charge in [0.15, 0.2) is 9.84 Å². The molecule has 50 heavy (non-hydrogen) atoms. The number of fused-ring (bicyclic) bond motifs is 3. The van der Waals surface area contributed by atoms with Crippen LogP contribution in [0.2, 0.25) is 0 Å². The number of carbonyl (C=O) groups is 2. The maximum atomic E-state index is 14.9. The van der Waals surface area contributed by atoms with Crippen molar-refractivity contribution in [2.75, 3.05) is 18.1 Å². The average Bonchev–Trinajstić information content (AvgIpc) is 3.41. The van der Waals surface area contributed by atoms with E-state index in [1.54, 1.807) is 0 Å². The Kier molecular flexibility index (Phi) is 10.1. The van der Waals surface area contributed by atoms with Crippen LogP contribution in [0.25, 0.3) is 0 Å². The molecular weight excluding hydrogens is 749 g/mol. The van der Waals surface area contributed by atoms with Crippen LogP contribution in [0.4, 0.5) is 48.3 Å². The first-order valence-electron chi connectivity index (χ1n) is 14.3. The van der Waals surface area contributed by atoms with Crippen molar-refractivity contribution in [3.8, 4) is 0 Å². The molecule has 1 aliphatic carbocycles. The minimum atomic E-state index is -6.44. The number of hydrogen-bond acceptors (Lipinski definition) is 7. The van der Waals surface area contributed by atoms with Gasteiger partial charge in [0, 0.05) is 18.7 Å². The van der Waals surface area contributed by atoms with Crippen molar-refractivity contribution in [1.82, 2.24) is 9.88 Å². The fraction of sp³-hybridized carbons (Fsp3) is 0.536. The van der Waals surface area contributed by atoms with Gasteiger partial charge in [-0.2, -0.15) is 39.5 Å². The highest BCUT2D eigenvalue weighted by molar-refractivity contribution is 7.92. The molecule has 278 valence electrons. The second-order valence-electron chi connectivity index (χ2n) is 11.8. The number of aryl methyl sites for hydroxylation is 1. The third kappa shape index (κ3) is 6.75. The van der Waals surface area contributed by atoms with E-state index in [9.17, 15) is 69.9 Å². The number of carboxylic acid groups (broad SMARTS) is 1. The quantitative estimate of drug-likeness (QED) is 0.331. The van der Waals surface area contributed by atoms with Gasteiger partial charge in [-0.25, -0.2) is 30.4 Å². The van der Waals surface area contributed by atoms with Crippen molar-refractivity contribution in [3.05, 3.63) is 59.2 Å². The van der Waals surface area contributed by atoms with Crippen LogP contribution in [-0.2, 0) is 46.1 Å². The number of carbonyl (C=O) groups excluding carboxylic acids is 1. The molecule has 1 aromatic carbocycles. The van der Waals surface area contributed by atoms with Gasteiger partial charge in [-0.15, -0.1) is 0 Å². The number of likely N-dealkylation sites (tertiary alicyclic amines) is 1. The highest BCUT2D eigenvalue weighted by Crippen LogP contribution is 2.56. The lowest BCUT2D eigenvalue weighted by Crippen LogP contribution is -2.54. The van der Waals surface area contributed by atoms with Crippen LogP contribution >= 0.6 is 0 Å². The number of carboxylic acids is 1. The molecule has 2 unspecified atom stereocenters. The molecule has 0 radical (unpaired) electrons. The van der Waals surface area contributed by atoms with Crippen LogP contribution in [0.15, 0.2) is 41.4 Å². The molecule has 3 aliphatic rings. The summed E-state index contributed by atoms with van der Waals surface area (Å²) in [5, 5.41) is 7.12. The van der Waals surface area contributed by atoms with E-state index in [1.807, 2.05) is 0 Å². The van der Waals surface area contributed by atoms with Gasteiger partial charge in [0.1, 0.15) is 20.4 Å². The van der Waals surface area contributed by atoms with Crippen molar-refractivity contribution in [2.45, 2.75) is 72.0 Å². The number of pyridine rings is 1. The molecule has 2 aromatic rings. The zero-order valence-corrected chi connectivity index (χ0v) is 26.7. The molecule has 2 atom stereocenters. The van der Waals surface area contributed by atoms with Gasteiger partial charge < -0.3 is 10.0 Å². The first-order valence-corrected chi connectivity index (χ1v) is 17.6. The number of rotatable bonds is 4. The second-order valence-corrected chi connectivity index (χ2v) is 16.3. The normalized spacial score (nSPS) is 22.9. The van der Waals surface area contributed by atoms with E-state index < -0.39 is 88.9 Å². The Morgan fingerprint density at radius 2 is 1.42 bits per heavy atom. The number of alkyl halides is 10. The zero-order chi connectivity index (χ0) is 37.9. The number of aliphatic carboxylic acids is 1. The lowest BCUT2D eigenvalue weighted by Gasteiger charge is -2.43. The minimum Gasteiger partial charge on any atom is -0.475 e. The van der Waals surface area contributed by atoms with Gasteiger partial charge in [-0.3, -0.25) is 9.78 Å². The summed E-state index contributed by atoms with van der Waals surface area (Å²) in [4.78, 5) is 26.5. The Morgan fingerprint density at radius 3 is 1.90 bits per heavy atom. The number of sulfone groups is 2. The number of nitrogens with zero attached hydrogens (tertiary/aromatic N) is 2. The van der Waals surface area contributed by atoms with Crippen LogP contribution < -0.4 is 0 Å². The molecule has 5 rings (SSSR count). The molecule has 3 heterocycles. The maximum Gasteiger partial charge on any atom is 0.490 e. The Balaban J connectivity index is 0.000000727. The molecule has 0 bridgehead atoms. The highest BCUT2D eigenvalue weighted by Gasteiger charge is 2.75. The monoisotopic (exact) mass is 774 g/mol. The highest BCUT2D eigenvalue weighted by atomic mass is 32.2. The van der Waals surface area contributed by atoms with Crippen molar-refractivity contribution in [2.24, 2.45) is 5.92 Å². The summed E-state index contributed by atoms with van der Waals surface area (Å²) in [6.45, 7) is -0.188. The SMILES string of the molecule is O=C(C1CCS(=O)(=O)CC1)N1CCC2(S(=O)(=O)c3ccc(F)cc3)c3cnc(C(F)(C(F)(F)F)C(F)(F)F)cc3CCC12.O=C(O)C(F)(F)F. The van der Waals surface area contributed by atoms with E-state index in [0.717, 1.165) is 24.3 Å². The summed E-state index contributed by atoms with van der Waals surface area (Å²) in [6, 6.07) is 2.70. The van der Waals surface area contributed by atoms with Crippen LogP contribution in [0.1, 0.15) is 42.5 Å². The molecular formula is C28H25F11N2O7S2. The molecule has 9 nitrogen and oxygen atoms in total. The van der Waals surface area contributed by atoms with E-state index in [-0.39, 0.29) is 67.3 Å². The first kappa shape index (κ1) is 39.2. The van der Waals surface area contributed by atoms with E-state index in [2.05, 4.69) is 4.98 Å². The van der Waals surface area contributed by atoms with E-state index in [1.165, 1.54) is 4.90 Å². The van der Waals surface area contributed by atoms with Crippen molar-refractivity contribution in [1.29, 1.82) is 0 Å². The lowest BCUT2D eigenvalue weighted by molar-refractivity contribution is -0.350. The molecule has 0 spiro atoms. The molecule has 22 heteroatoms. The average molecular weight is 775 g/mol. The van der Waals surface area contributed by atoms with Crippen LogP contribution in [0.5, 0.6) is 0 Å². The third-order valence-electron chi connectivity index (χ3n) is 8.94. The van der Waals surface area contributed by atoms with E-state index >= 15 is 0 Å². The summed E-state index contributed by atoms with van der Waals surface area (Å²) in [5.41, 5.74) is -8.45. The largest absolute Gasteiger partial charge is 0.490 e. The maximum absolute atomic E-state index is 14.9. The lowest BCUT2D eigenvalue weighted by atomic mass is 9.78. The number of aromatic nitrogens is 1. The van der Waals surface area contributed by atoms with Gasteiger partial charge in [-0.1, -0.05) is 0 Å². The molecule has 1 aromatic heterocycles. The predicted molar refractivity (Wildman–Crippen MR) is 148 cm³/mol. The summed E-state index contributed by atoms with van der Waals surface area (Å²) in [7, 11) is -7.99. The second kappa shape index (κ2) is 12.9. The van der Waals surface area contributed by atoms with Crippen LogP contribution in [0.3, 0.4) is 0 Å². The Morgan fingerprint density at radius 1 is 0.900 bits per heavy atom. The Hall–Kier alpha value is -3.56. The molecule has 0 saturated carbocycles. The van der Waals surface area contributed by atoms with Crippen molar-refractivity contribution in [3.63, 3.8) is 0 Å². The standard InChI is InChI=1S/C26H24F8N2O5S2.C2HF3O2/c27-17-2-4-18(5-3-17)43(40,41)23-9-10-36(22(37)15-7-11-42(38,39)12-8-15)21(23)6-1-16-13-20(35-14-19(16)23)24(28,25(29,30)31)26(32,33)34;3-2(4,5)1(6)7/h2-5,13-15,21H,1,6-12H2;(H,6,7). The number of amides is 1. The van der Waals surface area contributed by atoms with Gasteiger partial charge in [0.2, 0.25) is 5.91 Å². The summed E-state index contributed by atoms with van der Waals surface area (Å²) >= 11 is 0.